The number of ether oxygens (including phenoxy) is 1. The van der Waals surface area contributed by atoms with Crippen LogP contribution >= 0.6 is 0 Å². The lowest BCUT2D eigenvalue weighted by Gasteiger charge is -2.10. The molecule has 0 aliphatic heterocycles. The van der Waals surface area contributed by atoms with Crippen molar-refractivity contribution in [3.05, 3.63) is 29.8 Å². The minimum absolute atomic E-state index is 0.290. The van der Waals surface area contributed by atoms with Crippen molar-refractivity contribution < 1.29 is 14.3 Å². The molecule has 0 bridgehead atoms. The molecule has 0 spiro atoms. The highest BCUT2D eigenvalue weighted by Gasteiger charge is 2.20. The topological polar surface area (TPSA) is 46.6 Å². The third-order valence-electron chi connectivity index (χ3n) is 1.95. The number of rotatable bonds is 3. The van der Waals surface area contributed by atoms with Crippen molar-refractivity contribution in [2.75, 3.05) is 21.2 Å². The van der Waals surface area contributed by atoms with Crippen LogP contribution < -0.4 is 4.74 Å². The molecule has 4 nitrogen and oxygen atoms in total. The fourth-order valence-corrected chi connectivity index (χ4v) is 1.15. The summed E-state index contributed by atoms with van der Waals surface area (Å²) in [5, 5.41) is 0. The summed E-state index contributed by atoms with van der Waals surface area (Å²) in [6.07, 6.45) is 0. The van der Waals surface area contributed by atoms with Crippen LogP contribution in [0.2, 0.25) is 0 Å². The van der Waals surface area contributed by atoms with E-state index < -0.39 is 11.7 Å². The molecule has 1 amide bonds. The lowest BCUT2D eigenvalue weighted by Crippen LogP contribution is -2.30. The largest absolute Gasteiger partial charge is 0.496 e. The molecule has 0 fully saturated rings. The van der Waals surface area contributed by atoms with E-state index in [0.717, 1.165) is 0 Å². The number of benzene rings is 1. The van der Waals surface area contributed by atoms with Crippen molar-refractivity contribution in [3.8, 4) is 5.75 Å². The summed E-state index contributed by atoms with van der Waals surface area (Å²) in [4.78, 5) is 24.4. The summed E-state index contributed by atoms with van der Waals surface area (Å²) in [6.45, 7) is 0. The second kappa shape index (κ2) is 4.59. The zero-order chi connectivity index (χ0) is 11.4. The van der Waals surface area contributed by atoms with Gasteiger partial charge >= 0.3 is 0 Å². The average molecular weight is 207 g/mol. The summed E-state index contributed by atoms with van der Waals surface area (Å²) < 4.78 is 5.00. The van der Waals surface area contributed by atoms with Crippen LogP contribution in [0.3, 0.4) is 0 Å². The lowest BCUT2D eigenvalue weighted by atomic mass is 10.1. The first-order chi connectivity index (χ1) is 7.07. The molecule has 0 aromatic heterocycles. The number of carbonyl (C=O) groups is 2. The van der Waals surface area contributed by atoms with Gasteiger partial charge in [0, 0.05) is 14.1 Å². The molecule has 0 aliphatic carbocycles. The number of Topliss-reactive ketones (excluding diaryl/α,β-unsaturated/α-hetero) is 1. The third-order valence-corrected chi connectivity index (χ3v) is 1.95. The number of likely N-dealkylation sites (N-methyl/N-ethyl adjacent to an activating group) is 1. The molecule has 0 heterocycles. The fourth-order valence-electron chi connectivity index (χ4n) is 1.15. The van der Waals surface area contributed by atoms with Crippen molar-refractivity contribution in [2.45, 2.75) is 0 Å². The van der Waals surface area contributed by atoms with Crippen LogP contribution in [0.4, 0.5) is 0 Å². The van der Waals surface area contributed by atoms with Gasteiger partial charge < -0.3 is 9.64 Å². The molecule has 0 radical (unpaired) electrons. The zero-order valence-electron chi connectivity index (χ0n) is 8.98. The molecule has 1 aromatic carbocycles. The number of methoxy groups -OCH3 is 1. The Morgan fingerprint density at radius 1 is 1.20 bits per heavy atom. The van der Waals surface area contributed by atoms with E-state index in [9.17, 15) is 9.59 Å². The van der Waals surface area contributed by atoms with E-state index >= 15 is 0 Å². The molecule has 4 heteroatoms. The maximum Gasteiger partial charge on any atom is 0.294 e. The normalized spacial score (nSPS) is 9.53. The van der Waals surface area contributed by atoms with Gasteiger partial charge in [0.15, 0.2) is 0 Å². The molecule has 0 saturated heterocycles. The van der Waals surface area contributed by atoms with Gasteiger partial charge in [-0.05, 0) is 12.1 Å². The minimum Gasteiger partial charge on any atom is -0.496 e. The van der Waals surface area contributed by atoms with Crippen LogP contribution in [-0.2, 0) is 4.79 Å². The van der Waals surface area contributed by atoms with Gasteiger partial charge in [-0.2, -0.15) is 0 Å². The molecule has 0 unspecified atom stereocenters. The maximum absolute atomic E-state index is 11.7. The highest BCUT2D eigenvalue weighted by molar-refractivity contribution is 6.43. The number of hydrogen-bond donors (Lipinski definition) is 0. The van der Waals surface area contributed by atoms with Gasteiger partial charge in [0.2, 0.25) is 0 Å². The zero-order valence-corrected chi connectivity index (χ0v) is 8.98. The Balaban J connectivity index is 3.06. The van der Waals surface area contributed by atoms with Crippen LogP contribution in [0.5, 0.6) is 5.75 Å². The van der Waals surface area contributed by atoms with E-state index in [1.807, 2.05) is 0 Å². The van der Waals surface area contributed by atoms with Crippen molar-refractivity contribution in [2.24, 2.45) is 0 Å². The van der Waals surface area contributed by atoms with Crippen LogP contribution in [0.15, 0.2) is 24.3 Å². The highest BCUT2D eigenvalue weighted by Crippen LogP contribution is 2.18. The molecule has 0 N–H and O–H groups in total. The number of para-hydroxylation sites is 1. The van der Waals surface area contributed by atoms with E-state index in [-0.39, 0.29) is 0 Å². The monoisotopic (exact) mass is 207 g/mol. The summed E-state index contributed by atoms with van der Waals surface area (Å²) in [5.74, 6) is -0.699. The number of nitrogens with zero attached hydrogens (tertiary/aromatic N) is 1. The van der Waals surface area contributed by atoms with Crippen LogP contribution in [-0.4, -0.2) is 37.8 Å². The van der Waals surface area contributed by atoms with Gasteiger partial charge in [-0.1, -0.05) is 12.1 Å². The smallest absolute Gasteiger partial charge is 0.294 e. The molecule has 15 heavy (non-hydrogen) atoms. The van der Waals surface area contributed by atoms with Crippen molar-refractivity contribution in [1.29, 1.82) is 0 Å². The van der Waals surface area contributed by atoms with Crippen molar-refractivity contribution >= 4 is 11.7 Å². The summed E-state index contributed by atoms with van der Waals surface area (Å²) in [7, 11) is 4.54. The van der Waals surface area contributed by atoms with Crippen LogP contribution in [0.25, 0.3) is 0 Å². The Bertz CT molecular complexity index is 385. The van der Waals surface area contributed by atoms with E-state index in [0.29, 0.717) is 11.3 Å². The summed E-state index contributed by atoms with van der Waals surface area (Å²) in [6, 6.07) is 6.66. The summed E-state index contributed by atoms with van der Waals surface area (Å²) >= 11 is 0. The Morgan fingerprint density at radius 3 is 2.33 bits per heavy atom. The van der Waals surface area contributed by atoms with Gasteiger partial charge in [-0.25, -0.2) is 0 Å². The molecule has 80 valence electrons. The SMILES string of the molecule is COc1ccccc1C(=O)C(=O)N(C)C. The van der Waals surface area contributed by atoms with Gasteiger partial charge in [0.1, 0.15) is 5.75 Å². The van der Waals surface area contributed by atoms with Gasteiger partial charge in [-0.15, -0.1) is 0 Å². The first kappa shape index (κ1) is 11.2. The van der Waals surface area contributed by atoms with E-state index in [4.69, 9.17) is 4.74 Å². The Morgan fingerprint density at radius 2 is 1.80 bits per heavy atom. The van der Waals surface area contributed by atoms with Crippen LogP contribution in [0, 0.1) is 0 Å². The van der Waals surface area contributed by atoms with Gasteiger partial charge in [0.25, 0.3) is 11.7 Å². The number of carbonyl (C=O) groups excluding carboxylic acids is 2. The molecule has 0 aliphatic rings. The highest BCUT2D eigenvalue weighted by atomic mass is 16.5. The first-order valence-electron chi connectivity index (χ1n) is 4.47. The van der Waals surface area contributed by atoms with E-state index in [1.165, 1.54) is 26.1 Å². The predicted octanol–water partition coefficient (Wildman–Crippen LogP) is 0.966. The second-order valence-corrected chi connectivity index (χ2v) is 3.23. The standard InChI is InChI=1S/C11H13NO3/c1-12(2)11(14)10(13)8-6-4-5-7-9(8)15-3/h4-7H,1-3H3. The van der Waals surface area contributed by atoms with E-state index in [2.05, 4.69) is 0 Å². The first-order valence-corrected chi connectivity index (χ1v) is 4.47. The number of hydrogen-bond acceptors (Lipinski definition) is 3. The van der Waals surface area contributed by atoms with Crippen molar-refractivity contribution in [3.63, 3.8) is 0 Å². The Kier molecular flexibility index (Phi) is 3.44. The molecular formula is C11H13NO3. The predicted molar refractivity (Wildman–Crippen MR) is 56.0 cm³/mol. The average Bonchev–Trinajstić information content (AvgIpc) is 2.26. The molecule has 1 aromatic rings. The number of amides is 1. The Hall–Kier alpha value is -1.84. The maximum atomic E-state index is 11.7. The van der Waals surface area contributed by atoms with Gasteiger partial charge in [0.05, 0.1) is 12.7 Å². The fraction of sp³-hybridized carbons (Fsp3) is 0.273. The molecule has 0 atom stereocenters. The second-order valence-electron chi connectivity index (χ2n) is 3.23. The lowest BCUT2D eigenvalue weighted by molar-refractivity contribution is -0.124. The quantitative estimate of drug-likeness (QED) is 0.548. The molecule has 0 saturated carbocycles. The number of ketones is 1. The molecule has 1 rings (SSSR count). The third kappa shape index (κ3) is 2.34. The van der Waals surface area contributed by atoms with Crippen LogP contribution in [0.1, 0.15) is 10.4 Å². The Labute approximate surface area is 88.5 Å². The minimum atomic E-state index is -0.558. The van der Waals surface area contributed by atoms with Gasteiger partial charge in [-0.3, -0.25) is 9.59 Å². The van der Waals surface area contributed by atoms with Crippen molar-refractivity contribution in [1.82, 2.24) is 4.90 Å². The molecular weight excluding hydrogens is 194 g/mol. The summed E-state index contributed by atoms with van der Waals surface area (Å²) in [5.41, 5.74) is 0.290. The van der Waals surface area contributed by atoms with E-state index in [1.54, 1.807) is 24.3 Å².